The highest BCUT2D eigenvalue weighted by molar-refractivity contribution is 5.97. The summed E-state index contributed by atoms with van der Waals surface area (Å²) in [6.07, 6.45) is 0. The standard InChI is InChI=1S/C18H18N2O2/c1-19-10-15-13-8-11(21)4-6-17(13)20(2)18(15)14-9-12(22-3)5-7-16(14)19/h4-9,21H,10H2,1-3H3. The van der Waals surface area contributed by atoms with Crippen molar-refractivity contribution in [2.75, 3.05) is 19.1 Å². The molecule has 1 aliphatic rings. The third kappa shape index (κ3) is 1.64. The number of aromatic nitrogens is 1. The first kappa shape index (κ1) is 13.1. The molecule has 1 aromatic heterocycles. The van der Waals surface area contributed by atoms with Gasteiger partial charge in [-0.25, -0.2) is 0 Å². The lowest BCUT2D eigenvalue weighted by Crippen LogP contribution is -2.21. The molecule has 0 unspecified atom stereocenters. The molecule has 1 aliphatic heterocycles. The van der Waals surface area contributed by atoms with E-state index in [2.05, 4.69) is 35.7 Å². The van der Waals surface area contributed by atoms with Crippen LogP contribution in [0.3, 0.4) is 0 Å². The Kier molecular flexibility index (Phi) is 2.64. The van der Waals surface area contributed by atoms with Gasteiger partial charge in [-0.1, -0.05) is 0 Å². The number of anilines is 1. The fourth-order valence-electron chi connectivity index (χ4n) is 3.50. The first-order valence-electron chi connectivity index (χ1n) is 7.30. The predicted molar refractivity (Wildman–Crippen MR) is 88.7 cm³/mol. The van der Waals surface area contributed by atoms with Crippen molar-refractivity contribution in [1.82, 2.24) is 4.57 Å². The van der Waals surface area contributed by atoms with Crippen molar-refractivity contribution in [2.24, 2.45) is 7.05 Å². The monoisotopic (exact) mass is 294 g/mol. The molecule has 2 aromatic carbocycles. The van der Waals surface area contributed by atoms with Gasteiger partial charge < -0.3 is 19.3 Å². The van der Waals surface area contributed by atoms with Crippen LogP contribution < -0.4 is 9.64 Å². The third-order valence-corrected chi connectivity index (χ3v) is 4.55. The highest BCUT2D eigenvalue weighted by Crippen LogP contribution is 2.44. The summed E-state index contributed by atoms with van der Waals surface area (Å²) in [6.45, 7) is 0.829. The lowest BCUT2D eigenvalue weighted by Gasteiger charge is -2.29. The van der Waals surface area contributed by atoms with Gasteiger partial charge in [0.2, 0.25) is 0 Å². The number of phenolic OH excluding ortho intramolecular Hbond substituents is 1. The largest absolute Gasteiger partial charge is 0.508 e. The molecule has 0 amide bonds. The van der Waals surface area contributed by atoms with Gasteiger partial charge in [0.15, 0.2) is 0 Å². The molecular weight excluding hydrogens is 276 g/mol. The minimum atomic E-state index is 0.306. The molecule has 0 saturated heterocycles. The number of ether oxygens (including phenoxy) is 1. The van der Waals surface area contributed by atoms with Gasteiger partial charge in [-0.3, -0.25) is 0 Å². The predicted octanol–water partition coefficient (Wildman–Crippen LogP) is 3.51. The van der Waals surface area contributed by atoms with Crippen molar-refractivity contribution in [3.63, 3.8) is 0 Å². The Bertz CT molecular complexity index is 896. The van der Waals surface area contributed by atoms with Gasteiger partial charge in [-0.15, -0.1) is 0 Å². The van der Waals surface area contributed by atoms with Crippen LogP contribution in [0.1, 0.15) is 5.56 Å². The van der Waals surface area contributed by atoms with E-state index in [1.807, 2.05) is 18.2 Å². The SMILES string of the molecule is COc1ccc2c(c1)-c1c(c3cc(O)ccc3n1C)CN2C. The number of rotatable bonds is 1. The topological polar surface area (TPSA) is 37.6 Å². The maximum Gasteiger partial charge on any atom is 0.119 e. The Hall–Kier alpha value is -2.62. The number of methoxy groups -OCH3 is 1. The van der Waals surface area contributed by atoms with Gasteiger partial charge in [-0.2, -0.15) is 0 Å². The number of phenols is 1. The molecule has 1 N–H and O–H groups in total. The number of nitrogens with zero attached hydrogens (tertiary/aromatic N) is 2. The molecule has 0 bridgehead atoms. The van der Waals surface area contributed by atoms with Crippen molar-refractivity contribution >= 4 is 16.6 Å². The zero-order valence-electron chi connectivity index (χ0n) is 12.9. The summed E-state index contributed by atoms with van der Waals surface area (Å²) in [4.78, 5) is 2.24. The average Bonchev–Trinajstić information content (AvgIpc) is 2.79. The molecule has 4 rings (SSSR count). The molecule has 0 atom stereocenters. The molecule has 4 nitrogen and oxygen atoms in total. The van der Waals surface area contributed by atoms with E-state index >= 15 is 0 Å². The Morgan fingerprint density at radius 3 is 2.68 bits per heavy atom. The van der Waals surface area contributed by atoms with E-state index in [1.165, 1.54) is 22.5 Å². The van der Waals surface area contributed by atoms with Crippen LogP contribution in [0.15, 0.2) is 36.4 Å². The van der Waals surface area contributed by atoms with Crippen LogP contribution in [0.25, 0.3) is 22.2 Å². The second-order valence-corrected chi connectivity index (χ2v) is 5.83. The highest BCUT2D eigenvalue weighted by atomic mass is 16.5. The fraction of sp³-hybridized carbons (Fsp3) is 0.222. The van der Waals surface area contributed by atoms with Crippen LogP contribution >= 0.6 is 0 Å². The maximum atomic E-state index is 9.84. The summed E-state index contributed by atoms with van der Waals surface area (Å²) in [5.74, 6) is 1.16. The van der Waals surface area contributed by atoms with Crippen molar-refractivity contribution in [2.45, 2.75) is 6.54 Å². The smallest absolute Gasteiger partial charge is 0.119 e. The minimum absolute atomic E-state index is 0.306. The summed E-state index contributed by atoms with van der Waals surface area (Å²) in [5.41, 5.74) is 5.95. The van der Waals surface area contributed by atoms with Gasteiger partial charge in [0.05, 0.1) is 12.8 Å². The zero-order valence-corrected chi connectivity index (χ0v) is 12.9. The highest BCUT2D eigenvalue weighted by Gasteiger charge is 2.26. The lowest BCUT2D eigenvalue weighted by molar-refractivity contribution is 0.415. The molecule has 0 fully saturated rings. The zero-order chi connectivity index (χ0) is 15.4. The van der Waals surface area contributed by atoms with Crippen LogP contribution in [0.2, 0.25) is 0 Å². The van der Waals surface area contributed by atoms with Gasteiger partial charge in [0.1, 0.15) is 11.5 Å². The van der Waals surface area contributed by atoms with E-state index in [0.717, 1.165) is 23.2 Å². The first-order chi connectivity index (χ1) is 10.6. The quantitative estimate of drug-likeness (QED) is 0.746. The fourth-order valence-corrected chi connectivity index (χ4v) is 3.50. The van der Waals surface area contributed by atoms with Crippen molar-refractivity contribution in [3.8, 4) is 22.8 Å². The van der Waals surface area contributed by atoms with Crippen LogP contribution in [0.4, 0.5) is 5.69 Å². The summed E-state index contributed by atoms with van der Waals surface area (Å²) < 4.78 is 7.60. The molecule has 0 aliphatic carbocycles. The molecule has 3 aromatic rings. The third-order valence-electron chi connectivity index (χ3n) is 4.55. The molecule has 0 spiro atoms. The molecule has 2 heterocycles. The Morgan fingerprint density at radius 1 is 1.09 bits per heavy atom. The minimum Gasteiger partial charge on any atom is -0.508 e. The molecule has 0 radical (unpaired) electrons. The van der Waals surface area contributed by atoms with Crippen molar-refractivity contribution < 1.29 is 9.84 Å². The normalized spacial score (nSPS) is 13.1. The molecule has 112 valence electrons. The Morgan fingerprint density at radius 2 is 1.91 bits per heavy atom. The molecule has 22 heavy (non-hydrogen) atoms. The van der Waals surface area contributed by atoms with Crippen LogP contribution in [-0.2, 0) is 13.6 Å². The van der Waals surface area contributed by atoms with Crippen molar-refractivity contribution in [3.05, 3.63) is 42.0 Å². The van der Waals surface area contributed by atoms with Gasteiger partial charge in [-0.05, 0) is 36.4 Å². The van der Waals surface area contributed by atoms with Crippen LogP contribution in [0.5, 0.6) is 11.5 Å². The van der Waals surface area contributed by atoms with E-state index in [9.17, 15) is 5.11 Å². The van der Waals surface area contributed by atoms with Gasteiger partial charge in [0.25, 0.3) is 0 Å². The van der Waals surface area contributed by atoms with E-state index in [1.54, 1.807) is 13.2 Å². The molecule has 4 heteroatoms. The van der Waals surface area contributed by atoms with Crippen molar-refractivity contribution in [1.29, 1.82) is 0 Å². The number of benzene rings is 2. The number of aryl methyl sites for hydroxylation is 1. The average molecular weight is 294 g/mol. The molecule has 0 saturated carbocycles. The summed E-state index contributed by atoms with van der Waals surface area (Å²) in [6, 6.07) is 11.8. The number of aromatic hydroxyl groups is 1. The van der Waals surface area contributed by atoms with E-state index in [0.29, 0.717) is 5.75 Å². The van der Waals surface area contributed by atoms with Crippen LogP contribution in [0, 0.1) is 0 Å². The second-order valence-electron chi connectivity index (χ2n) is 5.83. The van der Waals surface area contributed by atoms with E-state index < -0.39 is 0 Å². The number of fused-ring (bicyclic) bond motifs is 5. The van der Waals surface area contributed by atoms with E-state index in [4.69, 9.17) is 4.74 Å². The molecular formula is C18H18N2O2. The summed E-state index contributed by atoms with van der Waals surface area (Å²) >= 11 is 0. The van der Waals surface area contributed by atoms with Gasteiger partial charge in [0, 0.05) is 48.4 Å². The lowest BCUT2D eigenvalue weighted by atomic mass is 9.98. The number of hydrogen-bond acceptors (Lipinski definition) is 3. The summed E-state index contributed by atoms with van der Waals surface area (Å²) in [5, 5.41) is 11.0. The van der Waals surface area contributed by atoms with Gasteiger partial charge >= 0.3 is 0 Å². The number of hydrogen-bond donors (Lipinski definition) is 1. The Balaban J connectivity index is 2.10. The Labute approximate surface area is 129 Å². The first-order valence-corrected chi connectivity index (χ1v) is 7.30. The summed E-state index contributed by atoms with van der Waals surface area (Å²) in [7, 11) is 5.86. The second kappa shape index (κ2) is 4.44. The van der Waals surface area contributed by atoms with Crippen LogP contribution in [-0.4, -0.2) is 23.8 Å². The van der Waals surface area contributed by atoms with E-state index in [-0.39, 0.29) is 0 Å². The maximum absolute atomic E-state index is 9.84.